The summed E-state index contributed by atoms with van der Waals surface area (Å²) >= 11 is 6.08. The Labute approximate surface area is 127 Å². The van der Waals surface area contributed by atoms with Crippen molar-refractivity contribution in [2.75, 3.05) is 0 Å². The van der Waals surface area contributed by atoms with Gasteiger partial charge in [0.15, 0.2) is 11.1 Å². The maximum absolute atomic E-state index is 12.4. The number of benzene rings is 1. The van der Waals surface area contributed by atoms with E-state index in [1.807, 2.05) is 0 Å². The van der Waals surface area contributed by atoms with Crippen molar-refractivity contribution in [3.63, 3.8) is 0 Å². The van der Waals surface area contributed by atoms with Crippen molar-refractivity contribution in [2.24, 2.45) is 0 Å². The molecule has 1 unspecified atom stereocenters. The number of ketones is 1. The number of hydrogen-bond donors (Lipinski definition) is 0. The normalized spacial score (nSPS) is 13.0. The third kappa shape index (κ3) is 3.95. The lowest BCUT2D eigenvalue weighted by atomic mass is 10.2. The number of nitrogens with zero attached hydrogens (tertiary/aromatic N) is 1. The number of carbonyl (C=O) groups is 1. The molecular weight excluding hydrogens is 327 g/mol. The lowest BCUT2D eigenvalue weighted by Crippen LogP contribution is -2.23. The van der Waals surface area contributed by atoms with Crippen LogP contribution in [0.25, 0.3) is 0 Å². The number of Topliss-reactive ketones (excluding diaryl/α,β-unsaturated/α-hetero) is 1. The van der Waals surface area contributed by atoms with Crippen LogP contribution in [-0.2, 0) is 6.18 Å². The van der Waals surface area contributed by atoms with Gasteiger partial charge in [-0.3, -0.25) is 4.79 Å². The topological polar surface area (TPSA) is 39.2 Å². The second-order valence-electron chi connectivity index (χ2n) is 4.11. The van der Waals surface area contributed by atoms with E-state index in [9.17, 15) is 18.0 Å². The molecule has 21 heavy (non-hydrogen) atoms. The predicted molar refractivity (Wildman–Crippen MR) is 73.0 cm³/mol. The molecule has 3 nitrogen and oxygen atoms in total. The third-order valence-corrected chi connectivity index (χ3v) is 3.76. The first kappa shape index (κ1) is 15.8. The van der Waals surface area contributed by atoms with Crippen LogP contribution in [-0.4, -0.2) is 16.9 Å². The molecule has 1 heterocycles. The van der Waals surface area contributed by atoms with Crippen molar-refractivity contribution < 1.29 is 22.7 Å². The van der Waals surface area contributed by atoms with Gasteiger partial charge in [-0.1, -0.05) is 17.7 Å². The molecule has 1 atom stereocenters. The Kier molecular flexibility index (Phi) is 4.53. The molecule has 0 aliphatic heterocycles. The number of carbonyl (C=O) groups excluding carboxylic acids is 1. The molecule has 0 fully saturated rings. The van der Waals surface area contributed by atoms with Crippen LogP contribution in [0, 0.1) is 0 Å². The molecule has 0 bridgehead atoms. The van der Waals surface area contributed by atoms with Crippen LogP contribution in [0.2, 0.25) is 5.02 Å². The quantitative estimate of drug-likeness (QED) is 0.774. The summed E-state index contributed by atoms with van der Waals surface area (Å²) < 4.78 is 42.7. The largest absolute Gasteiger partial charge is 0.482 e. The predicted octanol–water partition coefficient (Wildman–Crippen LogP) is 4.47. The summed E-state index contributed by atoms with van der Waals surface area (Å²) in [7, 11) is 0. The minimum absolute atomic E-state index is 0.100. The van der Waals surface area contributed by atoms with Crippen LogP contribution < -0.4 is 4.74 Å². The second-order valence-corrected chi connectivity index (χ2v) is 5.58. The van der Waals surface area contributed by atoms with E-state index >= 15 is 0 Å². The van der Waals surface area contributed by atoms with Crippen molar-refractivity contribution >= 4 is 28.7 Å². The summed E-state index contributed by atoms with van der Waals surface area (Å²) in [5.74, 6) is -0.202. The number of alkyl halides is 3. The third-order valence-electron chi connectivity index (χ3n) is 2.47. The molecule has 2 rings (SSSR count). The molecule has 0 aliphatic carbocycles. The lowest BCUT2D eigenvalue weighted by molar-refractivity contribution is -0.137. The Morgan fingerprint density at radius 1 is 1.43 bits per heavy atom. The van der Waals surface area contributed by atoms with Crippen molar-refractivity contribution in [1.29, 1.82) is 0 Å². The minimum Gasteiger partial charge on any atom is -0.482 e. The summed E-state index contributed by atoms with van der Waals surface area (Å²) in [6, 6.07) is 6.39. The summed E-state index contributed by atoms with van der Waals surface area (Å²) in [6.45, 7) is 1.45. The van der Waals surface area contributed by atoms with E-state index in [1.165, 1.54) is 13.0 Å². The van der Waals surface area contributed by atoms with Crippen molar-refractivity contribution in [1.82, 2.24) is 4.98 Å². The number of ether oxygens (including phenoxy) is 1. The van der Waals surface area contributed by atoms with E-state index in [2.05, 4.69) is 4.98 Å². The zero-order valence-corrected chi connectivity index (χ0v) is 12.2. The molecule has 0 N–H and O–H groups in total. The SMILES string of the molecule is CC(Oc1cccc(Cl)c1)C(=O)c1cnc(C(F)(F)F)s1. The Bertz CT molecular complexity index is 657. The van der Waals surface area contributed by atoms with Gasteiger partial charge in [-0.15, -0.1) is 11.3 Å². The maximum atomic E-state index is 12.4. The molecule has 0 aliphatic rings. The lowest BCUT2D eigenvalue weighted by Gasteiger charge is -2.12. The van der Waals surface area contributed by atoms with Gasteiger partial charge in [0.05, 0.1) is 4.88 Å². The molecule has 0 saturated heterocycles. The van der Waals surface area contributed by atoms with E-state index in [-0.39, 0.29) is 4.88 Å². The molecule has 2 aromatic rings. The summed E-state index contributed by atoms with van der Waals surface area (Å²) in [4.78, 5) is 15.1. The number of hydrogen-bond acceptors (Lipinski definition) is 4. The van der Waals surface area contributed by atoms with Gasteiger partial charge in [0.1, 0.15) is 5.75 Å². The first-order valence-corrected chi connectivity index (χ1v) is 6.96. The number of halogens is 4. The van der Waals surface area contributed by atoms with Crippen LogP contribution >= 0.6 is 22.9 Å². The second kappa shape index (κ2) is 6.03. The number of thiazole rings is 1. The van der Waals surface area contributed by atoms with Gasteiger partial charge in [-0.05, 0) is 25.1 Å². The average Bonchev–Trinajstić information content (AvgIpc) is 2.87. The molecule has 1 aromatic carbocycles. The summed E-state index contributed by atoms with van der Waals surface area (Å²) in [5, 5.41) is -0.620. The first-order chi connectivity index (χ1) is 9.77. The van der Waals surface area contributed by atoms with Gasteiger partial charge in [0.2, 0.25) is 5.78 Å². The zero-order chi connectivity index (χ0) is 15.6. The van der Waals surface area contributed by atoms with E-state index in [1.54, 1.807) is 18.2 Å². The highest BCUT2D eigenvalue weighted by atomic mass is 35.5. The van der Waals surface area contributed by atoms with E-state index in [0.717, 1.165) is 6.20 Å². The van der Waals surface area contributed by atoms with Gasteiger partial charge in [0.25, 0.3) is 0 Å². The highest BCUT2D eigenvalue weighted by molar-refractivity contribution is 7.13. The van der Waals surface area contributed by atoms with Gasteiger partial charge in [-0.25, -0.2) is 4.98 Å². The zero-order valence-electron chi connectivity index (χ0n) is 10.6. The fourth-order valence-corrected chi connectivity index (χ4v) is 2.50. The van der Waals surface area contributed by atoms with Gasteiger partial charge >= 0.3 is 6.18 Å². The fourth-order valence-electron chi connectivity index (χ4n) is 1.52. The molecule has 0 spiro atoms. The standard InChI is InChI=1S/C13H9ClF3NO2S/c1-7(20-9-4-2-3-8(14)5-9)11(19)10-6-18-12(21-10)13(15,16)17/h2-7H,1H3. The highest BCUT2D eigenvalue weighted by Gasteiger charge is 2.35. The molecule has 0 saturated carbocycles. The molecular formula is C13H9ClF3NO2S. The molecule has 112 valence electrons. The molecule has 0 radical (unpaired) electrons. The molecule has 1 aromatic heterocycles. The molecule has 8 heteroatoms. The van der Waals surface area contributed by atoms with Crippen molar-refractivity contribution in [3.05, 3.63) is 45.4 Å². The highest BCUT2D eigenvalue weighted by Crippen LogP contribution is 2.33. The Hall–Kier alpha value is -1.60. The Balaban J connectivity index is 2.11. The average molecular weight is 336 g/mol. The van der Waals surface area contributed by atoms with Crippen LogP contribution in [0.15, 0.2) is 30.5 Å². The maximum Gasteiger partial charge on any atom is 0.443 e. The van der Waals surface area contributed by atoms with Crippen LogP contribution in [0.4, 0.5) is 13.2 Å². The van der Waals surface area contributed by atoms with Crippen molar-refractivity contribution in [2.45, 2.75) is 19.2 Å². The van der Waals surface area contributed by atoms with E-state index in [4.69, 9.17) is 16.3 Å². The minimum atomic E-state index is -4.56. The van der Waals surface area contributed by atoms with Crippen LogP contribution in [0.3, 0.4) is 0 Å². The van der Waals surface area contributed by atoms with Gasteiger partial charge in [0, 0.05) is 11.2 Å². The number of aromatic nitrogens is 1. The van der Waals surface area contributed by atoms with E-state index < -0.39 is 23.1 Å². The summed E-state index contributed by atoms with van der Waals surface area (Å²) in [6.07, 6.45) is -4.58. The van der Waals surface area contributed by atoms with E-state index in [0.29, 0.717) is 22.1 Å². The first-order valence-electron chi connectivity index (χ1n) is 5.77. The fraction of sp³-hybridized carbons (Fsp3) is 0.231. The monoisotopic (exact) mass is 335 g/mol. The van der Waals surface area contributed by atoms with Crippen LogP contribution in [0.5, 0.6) is 5.75 Å². The van der Waals surface area contributed by atoms with Crippen LogP contribution in [0.1, 0.15) is 21.6 Å². The Morgan fingerprint density at radius 3 is 2.71 bits per heavy atom. The summed E-state index contributed by atoms with van der Waals surface area (Å²) in [5.41, 5.74) is 0. The van der Waals surface area contributed by atoms with Gasteiger partial charge in [-0.2, -0.15) is 13.2 Å². The Morgan fingerprint density at radius 2 is 2.14 bits per heavy atom. The molecule has 0 amide bonds. The smallest absolute Gasteiger partial charge is 0.443 e. The number of rotatable bonds is 4. The van der Waals surface area contributed by atoms with Gasteiger partial charge < -0.3 is 4.74 Å². The van der Waals surface area contributed by atoms with Crippen molar-refractivity contribution in [3.8, 4) is 5.75 Å².